The molecule has 12 heteroatoms. The van der Waals surface area contributed by atoms with Gasteiger partial charge in [0.1, 0.15) is 11.9 Å². The Balaban J connectivity index is 1.71. The molecular formula is C31H28F5N3O4. The van der Waals surface area contributed by atoms with Gasteiger partial charge < -0.3 is 15.2 Å². The van der Waals surface area contributed by atoms with Crippen LogP contribution in [-0.2, 0) is 24.0 Å². The lowest BCUT2D eigenvalue weighted by atomic mass is 10.0. The minimum atomic E-state index is -4.93. The molecule has 0 amide bonds. The highest BCUT2D eigenvalue weighted by molar-refractivity contribution is 5.67. The molecule has 7 nitrogen and oxygen atoms in total. The number of nitrogens with zero attached hydrogens (tertiary/aromatic N) is 2. The van der Waals surface area contributed by atoms with E-state index in [0.29, 0.717) is 24.7 Å². The van der Waals surface area contributed by atoms with Gasteiger partial charge >= 0.3 is 11.9 Å². The van der Waals surface area contributed by atoms with Crippen LogP contribution in [0.1, 0.15) is 34.8 Å². The molecule has 0 bridgehead atoms. The number of alkyl halides is 3. The van der Waals surface area contributed by atoms with Crippen LogP contribution in [0.15, 0.2) is 76.3 Å². The molecule has 2 heterocycles. The normalized spacial score (nSPS) is 15.9. The number of nitrogens with two attached hydrogens (primary N) is 1. The van der Waals surface area contributed by atoms with Gasteiger partial charge in [0.15, 0.2) is 11.6 Å². The average Bonchev–Trinajstić information content (AvgIpc) is 3.49. The minimum Gasteiger partial charge on any atom is -0.485 e. The van der Waals surface area contributed by atoms with Gasteiger partial charge in [-0.25, -0.2) is 13.6 Å². The van der Waals surface area contributed by atoms with Crippen molar-refractivity contribution >= 4 is 0 Å². The molecule has 0 saturated carbocycles. The number of halogens is 5. The van der Waals surface area contributed by atoms with Crippen molar-refractivity contribution in [1.82, 2.24) is 9.13 Å². The SMILES string of the molecule is Cc1c(-c2cccc(O[C@H]3CCOC3)c2F)c(=O)n(C[C@H](N)c2ccccc2)c(=O)n1Cc1c(F)cccc1C(F)(F)F. The Morgan fingerprint density at radius 1 is 1.00 bits per heavy atom. The summed E-state index contributed by atoms with van der Waals surface area (Å²) in [6.07, 6.45) is -4.81. The van der Waals surface area contributed by atoms with Crippen LogP contribution in [0.3, 0.4) is 0 Å². The van der Waals surface area contributed by atoms with Gasteiger partial charge in [0.2, 0.25) is 0 Å². The van der Waals surface area contributed by atoms with Gasteiger partial charge in [-0.15, -0.1) is 0 Å². The summed E-state index contributed by atoms with van der Waals surface area (Å²) in [7, 11) is 0. The Hall–Kier alpha value is -4.29. The van der Waals surface area contributed by atoms with Gasteiger partial charge in [-0.2, -0.15) is 13.2 Å². The molecule has 0 unspecified atom stereocenters. The van der Waals surface area contributed by atoms with Crippen molar-refractivity contribution in [3.05, 3.63) is 122 Å². The van der Waals surface area contributed by atoms with Crippen LogP contribution >= 0.6 is 0 Å². The number of aromatic nitrogens is 2. The molecular weight excluding hydrogens is 573 g/mol. The second kappa shape index (κ2) is 12.1. The van der Waals surface area contributed by atoms with E-state index in [-0.39, 0.29) is 35.7 Å². The first-order valence-corrected chi connectivity index (χ1v) is 13.5. The van der Waals surface area contributed by atoms with Gasteiger partial charge in [0.05, 0.1) is 37.4 Å². The lowest BCUT2D eigenvalue weighted by Gasteiger charge is -2.22. The van der Waals surface area contributed by atoms with E-state index in [1.54, 1.807) is 30.3 Å². The summed E-state index contributed by atoms with van der Waals surface area (Å²) in [6.45, 7) is 0.735. The van der Waals surface area contributed by atoms with Gasteiger partial charge in [0, 0.05) is 29.3 Å². The molecule has 2 N–H and O–H groups in total. The van der Waals surface area contributed by atoms with Gasteiger partial charge in [-0.1, -0.05) is 48.5 Å². The summed E-state index contributed by atoms with van der Waals surface area (Å²) in [5, 5.41) is 0. The van der Waals surface area contributed by atoms with Gasteiger partial charge in [-0.05, 0) is 30.7 Å². The second-order valence-corrected chi connectivity index (χ2v) is 10.2. The van der Waals surface area contributed by atoms with Crippen molar-refractivity contribution in [2.45, 2.75) is 44.8 Å². The number of ether oxygens (including phenoxy) is 2. The van der Waals surface area contributed by atoms with Crippen LogP contribution in [0, 0.1) is 18.6 Å². The largest absolute Gasteiger partial charge is 0.485 e. The molecule has 2 atom stereocenters. The monoisotopic (exact) mass is 601 g/mol. The van der Waals surface area contributed by atoms with E-state index in [0.717, 1.165) is 21.3 Å². The third-order valence-corrected chi connectivity index (χ3v) is 7.45. The Morgan fingerprint density at radius 2 is 1.72 bits per heavy atom. The summed E-state index contributed by atoms with van der Waals surface area (Å²) in [5.74, 6) is -2.26. The molecule has 1 fully saturated rings. The Kier molecular flexibility index (Phi) is 8.52. The van der Waals surface area contributed by atoms with Crippen LogP contribution in [-0.4, -0.2) is 28.5 Å². The van der Waals surface area contributed by atoms with E-state index in [1.807, 2.05) is 0 Å². The quantitative estimate of drug-likeness (QED) is 0.281. The highest BCUT2D eigenvalue weighted by atomic mass is 19.4. The smallest absolute Gasteiger partial charge is 0.416 e. The van der Waals surface area contributed by atoms with Crippen LogP contribution < -0.4 is 21.7 Å². The first kappa shape index (κ1) is 30.2. The van der Waals surface area contributed by atoms with Crippen molar-refractivity contribution in [1.29, 1.82) is 0 Å². The number of hydrogen-bond donors (Lipinski definition) is 1. The predicted octanol–water partition coefficient (Wildman–Crippen LogP) is 5.20. The lowest BCUT2D eigenvalue weighted by molar-refractivity contribution is -0.138. The van der Waals surface area contributed by atoms with Crippen LogP contribution in [0.2, 0.25) is 0 Å². The zero-order valence-corrected chi connectivity index (χ0v) is 23.0. The van der Waals surface area contributed by atoms with Crippen LogP contribution in [0.4, 0.5) is 22.0 Å². The molecule has 43 heavy (non-hydrogen) atoms. The zero-order chi connectivity index (χ0) is 30.9. The number of benzene rings is 3. The summed E-state index contributed by atoms with van der Waals surface area (Å²) in [4.78, 5) is 27.7. The Labute approximate surface area is 242 Å². The van der Waals surface area contributed by atoms with E-state index in [2.05, 4.69) is 0 Å². The number of hydrogen-bond acceptors (Lipinski definition) is 5. The van der Waals surface area contributed by atoms with E-state index in [1.165, 1.54) is 25.1 Å². The molecule has 5 rings (SSSR count). The molecule has 0 spiro atoms. The lowest BCUT2D eigenvalue weighted by Crippen LogP contribution is -2.44. The van der Waals surface area contributed by atoms with Crippen molar-refractivity contribution in [2.24, 2.45) is 5.73 Å². The fourth-order valence-corrected chi connectivity index (χ4v) is 5.18. The maximum absolute atomic E-state index is 15.9. The van der Waals surface area contributed by atoms with Crippen molar-refractivity contribution in [3.63, 3.8) is 0 Å². The number of rotatable bonds is 8. The molecule has 0 radical (unpaired) electrons. The Bertz CT molecular complexity index is 1750. The fourth-order valence-electron chi connectivity index (χ4n) is 5.18. The standard InChI is InChI=1S/C31H28F5N3O4/c1-18-27(21-9-5-12-26(28(21)33)43-20-13-14-42-17-20)29(40)39(16-25(37)19-7-3-2-4-8-19)30(41)38(18)15-22-23(31(34,35)36)10-6-11-24(22)32/h2-12,20,25H,13-17,37H2,1H3/t20-,25-/m0/s1. The van der Waals surface area contributed by atoms with E-state index in [4.69, 9.17) is 15.2 Å². The predicted molar refractivity (Wildman–Crippen MR) is 149 cm³/mol. The maximum atomic E-state index is 15.9. The molecule has 226 valence electrons. The van der Waals surface area contributed by atoms with Crippen molar-refractivity contribution in [2.75, 3.05) is 13.2 Å². The van der Waals surface area contributed by atoms with Crippen LogP contribution in [0.25, 0.3) is 11.1 Å². The second-order valence-electron chi connectivity index (χ2n) is 10.2. The summed E-state index contributed by atoms with van der Waals surface area (Å²) in [5.41, 5.74) is 2.20. The van der Waals surface area contributed by atoms with Crippen molar-refractivity contribution < 1.29 is 31.4 Å². The molecule has 1 saturated heterocycles. The first-order chi connectivity index (χ1) is 20.5. The third-order valence-electron chi connectivity index (χ3n) is 7.45. The van der Waals surface area contributed by atoms with Gasteiger partial charge in [-0.3, -0.25) is 13.9 Å². The molecule has 0 aliphatic carbocycles. The van der Waals surface area contributed by atoms with E-state index < -0.39 is 58.9 Å². The highest BCUT2D eigenvalue weighted by Gasteiger charge is 2.35. The summed E-state index contributed by atoms with van der Waals surface area (Å²) < 4.78 is 85.0. The molecule has 3 aromatic carbocycles. The molecule has 1 aliphatic heterocycles. The molecule has 1 aliphatic rings. The summed E-state index contributed by atoms with van der Waals surface area (Å²) in [6, 6.07) is 14.3. The molecule has 4 aromatic rings. The maximum Gasteiger partial charge on any atom is 0.416 e. The zero-order valence-electron chi connectivity index (χ0n) is 23.0. The van der Waals surface area contributed by atoms with Gasteiger partial charge in [0.25, 0.3) is 5.56 Å². The fraction of sp³-hybridized carbons (Fsp3) is 0.290. The molecule has 1 aromatic heterocycles. The van der Waals surface area contributed by atoms with E-state index >= 15 is 4.39 Å². The Morgan fingerprint density at radius 3 is 2.40 bits per heavy atom. The topological polar surface area (TPSA) is 88.5 Å². The van der Waals surface area contributed by atoms with Crippen molar-refractivity contribution in [3.8, 4) is 16.9 Å². The first-order valence-electron chi connectivity index (χ1n) is 13.5. The highest BCUT2D eigenvalue weighted by Crippen LogP contribution is 2.34. The minimum absolute atomic E-state index is 0.156. The van der Waals surface area contributed by atoms with Crippen LogP contribution in [0.5, 0.6) is 5.75 Å². The third kappa shape index (κ3) is 6.11. The summed E-state index contributed by atoms with van der Waals surface area (Å²) >= 11 is 0. The van der Waals surface area contributed by atoms with E-state index in [9.17, 15) is 27.2 Å². The average molecular weight is 602 g/mol.